The highest BCUT2D eigenvalue weighted by molar-refractivity contribution is 5.85. The average molecular weight is 203 g/mol. The van der Waals surface area contributed by atoms with Crippen LogP contribution in [0.5, 0.6) is 5.88 Å². The van der Waals surface area contributed by atoms with Crippen LogP contribution in [0, 0.1) is 0 Å². The molecule has 0 aliphatic rings. The Morgan fingerprint density at radius 3 is 2.62 bits per heavy atom. The summed E-state index contributed by atoms with van der Waals surface area (Å²) in [4.78, 5) is 4.06. The van der Waals surface area contributed by atoms with Gasteiger partial charge in [0.05, 0.1) is 7.11 Å². The van der Waals surface area contributed by atoms with Gasteiger partial charge in [-0.2, -0.15) is 0 Å². The Morgan fingerprint density at radius 2 is 2.23 bits per heavy atom. The van der Waals surface area contributed by atoms with Crippen molar-refractivity contribution in [3.63, 3.8) is 0 Å². The van der Waals surface area contributed by atoms with E-state index in [9.17, 15) is 0 Å². The Hall–Kier alpha value is -0.800. The van der Waals surface area contributed by atoms with E-state index < -0.39 is 0 Å². The molecule has 0 fully saturated rings. The number of ether oxygens (including phenoxy) is 1. The van der Waals surface area contributed by atoms with E-state index in [-0.39, 0.29) is 18.4 Å². The molecule has 0 bridgehead atoms. The van der Waals surface area contributed by atoms with Crippen LogP contribution in [0.15, 0.2) is 18.3 Å². The SMILES string of the molecule is CC[C@@H](N)c1ccc(OC)nc1.Cl. The second-order valence-electron chi connectivity index (χ2n) is 2.65. The van der Waals surface area contributed by atoms with Crippen LogP contribution in [0.4, 0.5) is 0 Å². The number of methoxy groups -OCH3 is 1. The van der Waals surface area contributed by atoms with Crippen LogP contribution in [0.2, 0.25) is 0 Å². The summed E-state index contributed by atoms with van der Waals surface area (Å²) in [6.07, 6.45) is 2.68. The van der Waals surface area contributed by atoms with Crippen LogP contribution < -0.4 is 10.5 Å². The average Bonchev–Trinajstić information content (AvgIpc) is 2.17. The van der Waals surface area contributed by atoms with E-state index in [2.05, 4.69) is 11.9 Å². The molecule has 1 heterocycles. The van der Waals surface area contributed by atoms with E-state index >= 15 is 0 Å². The summed E-state index contributed by atoms with van der Waals surface area (Å²) in [5.41, 5.74) is 6.86. The van der Waals surface area contributed by atoms with Crippen LogP contribution in [0.25, 0.3) is 0 Å². The molecule has 0 aromatic carbocycles. The van der Waals surface area contributed by atoms with Crippen LogP contribution in [0.1, 0.15) is 24.9 Å². The first-order valence-electron chi connectivity index (χ1n) is 4.03. The second kappa shape index (κ2) is 5.78. The van der Waals surface area contributed by atoms with Gasteiger partial charge in [-0.15, -0.1) is 12.4 Å². The predicted octanol–water partition coefficient (Wildman–Crippen LogP) is 1.92. The van der Waals surface area contributed by atoms with Gasteiger partial charge in [0, 0.05) is 18.3 Å². The largest absolute Gasteiger partial charge is 0.481 e. The topological polar surface area (TPSA) is 48.1 Å². The minimum absolute atomic E-state index is 0. The van der Waals surface area contributed by atoms with Gasteiger partial charge in [0.2, 0.25) is 5.88 Å². The molecule has 2 N–H and O–H groups in total. The molecule has 1 atom stereocenters. The molecule has 0 aliphatic heterocycles. The fraction of sp³-hybridized carbons (Fsp3) is 0.444. The number of nitrogens with zero attached hydrogens (tertiary/aromatic N) is 1. The maximum absolute atomic E-state index is 5.80. The van der Waals surface area contributed by atoms with Crippen molar-refractivity contribution in [1.82, 2.24) is 4.98 Å². The summed E-state index contributed by atoms with van der Waals surface area (Å²) in [5.74, 6) is 0.627. The van der Waals surface area contributed by atoms with Crippen molar-refractivity contribution in [3.8, 4) is 5.88 Å². The molecule has 0 unspecified atom stereocenters. The van der Waals surface area contributed by atoms with E-state index in [0.717, 1.165) is 12.0 Å². The van der Waals surface area contributed by atoms with E-state index in [0.29, 0.717) is 5.88 Å². The monoisotopic (exact) mass is 202 g/mol. The molecular weight excluding hydrogens is 188 g/mol. The summed E-state index contributed by atoms with van der Waals surface area (Å²) in [6.45, 7) is 2.05. The first-order chi connectivity index (χ1) is 5.77. The number of pyridine rings is 1. The molecule has 1 aromatic heterocycles. The van der Waals surface area contributed by atoms with Gasteiger partial charge in [0.1, 0.15) is 0 Å². The van der Waals surface area contributed by atoms with Gasteiger partial charge in [-0.05, 0) is 12.0 Å². The van der Waals surface area contributed by atoms with Gasteiger partial charge in [-0.3, -0.25) is 0 Å². The fourth-order valence-electron chi connectivity index (χ4n) is 0.968. The van der Waals surface area contributed by atoms with Crippen molar-refractivity contribution in [1.29, 1.82) is 0 Å². The number of aromatic nitrogens is 1. The summed E-state index contributed by atoms with van der Waals surface area (Å²) in [7, 11) is 1.60. The zero-order valence-corrected chi connectivity index (χ0v) is 8.67. The standard InChI is InChI=1S/C9H14N2O.ClH/c1-3-8(10)7-4-5-9(12-2)11-6-7;/h4-6,8H,3,10H2,1-2H3;1H/t8-;/m1./s1. The summed E-state index contributed by atoms with van der Waals surface area (Å²) in [6, 6.07) is 3.86. The number of nitrogens with two attached hydrogens (primary N) is 1. The van der Waals surface area contributed by atoms with Gasteiger partial charge < -0.3 is 10.5 Å². The Bertz CT molecular complexity index is 238. The lowest BCUT2D eigenvalue weighted by Crippen LogP contribution is -2.08. The smallest absolute Gasteiger partial charge is 0.212 e. The summed E-state index contributed by atoms with van der Waals surface area (Å²) < 4.78 is 4.93. The van der Waals surface area contributed by atoms with Gasteiger partial charge in [0.15, 0.2) is 0 Å². The normalized spacial score (nSPS) is 11.6. The number of rotatable bonds is 3. The molecule has 74 valence electrons. The molecule has 0 aliphatic carbocycles. The van der Waals surface area contributed by atoms with E-state index in [4.69, 9.17) is 10.5 Å². The van der Waals surface area contributed by atoms with Gasteiger partial charge >= 0.3 is 0 Å². The second-order valence-corrected chi connectivity index (χ2v) is 2.65. The lowest BCUT2D eigenvalue weighted by molar-refractivity contribution is 0.397. The van der Waals surface area contributed by atoms with Crippen molar-refractivity contribution >= 4 is 12.4 Å². The Kier molecular flexibility index (Phi) is 5.42. The number of hydrogen-bond acceptors (Lipinski definition) is 3. The highest BCUT2D eigenvalue weighted by Crippen LogP contribution is 2.14. The molecule has 0 saturated carbocycles. The zero-order valence-electron chi connectivity index (χ0n) is 7.86. The molecule has 13 heavy (non-hydrogen) atoms. The quantitative estimate of drug-likeness (QED) is 0.815. The number of hydrogen-bond donors (Lipinski definition) is 1. The Morgan fingerprint density at radius 1 is 1.54 bits per heavy atom. The van der Waals surface area contributed by atoms with Crippen molar-refractivity contribution in [2.75, 3.05) is 7.11 Å². The molecule has 0 amide bonds. The molecule has 3 nitrogen and oxygen atoms in total. The molecular formula is C9H15ClN2O. The van der Waals surface area contributed by atoms with Gasteiger partial charge in [0.25, 0.3) is 0 Å². The minimum Gasteiger partial charge on any atom is -0.481 e. The predicted molar refractivity (Wildman–Crippen MR) is 55.3 cm³/mol. The molecule has 0 radical (unpaired) electrons. The molecule has 1 rings (SSSR count). The summed E-state index contributed by atoms with van der Waals surface area (Å²) in [5, 5.41) is 0. The maximum Gasteiger partial charge on any atom is 0.212 e. The lowest BCUT2D eigenvalue weighted by atomic mass is 10.1. The number of halogens is 1. The van der Waals surface area contributed by atoms with E-state index in [1.165, 1.54) is 0 Å². The molecule has 4 heteroatoms. The highest BCUT2D eigenvalue weighted by atomic mass is 35.5. The van der Waals surface area contributed by atoms with Crippen LogP contribution in [0.3, 0.4) is 0 Å². The first-order valence-corrected chi connectivity index (χ1v) is 4.03. The Balaban J connectivity index is 0.00000144. The third-order valence-electron chi connectivity index (χ3n) is 1.84. The third-order valence-corrected chi connectivity index (χ3v) is 1.84. The van der Waals surface area contributed by atoms with Crippen molar-refractivity contribution in [2.45, 2.75) is 19.4 Å². The zero-order chi connectivity index (χ0) is 8.97. The lowest BCUT2D eigenvalue weighted by Gasteiger charge is -2.08. The van der Waals surface area contributed by atoms with Crippen molar-refractivity contribution in [3.05, 3.63) is 23.9 Å². The van der Waals surface area contributed by atoms with Crippen LogP contribution in [-0.2, 0) is 0 Å². The van der Waals surface area contributed by atoms with Crippen LogP contribution >= 0.6 is 12.4 Å². The molecule has 1 aromatic rings. The first kappa shape index (κ1) is 12.2. The van der Waals surface area contributed by atoms with E-state index in [1.807, 2.05) is 12.1 Å². The van der Waals surface area contributed by atoms with E-state index in [1.54, 1.807) is 13.3 Å². The molecule has 0 spiro atoms. The highest BCUT2D eigenvalue weighted by Gasteiger charge is 2.02. The maximum atomic E-state index is 5.80. The van der Waals surface area contributed by atoms with Crippen LogP contribution in [-0.4, -0.2) is 12.1 Å². The van der Waals surface area contributed by atoms with Crippen molar-refractivity contribution in [2.24, 2.45) is 5.73 Å². The third kappa shape index (κ3) is 3.20. The Labute approximate surface area is 84.7 Å². The fourth-order valence-corrected chi connectivity index (χ4v) is 0.968. The summed E-state index contributed by atoms with van der Waals surface area (Å²) >= 11 is 0. The van der Waals surface area contributed by atoms with Gasteiger partial charge in [-0.25, -0.2) is 4.98 Å². The van der Waals surface area contributed by atoms with Gasteiger partial charge in [-0.1, -0.05) is 13.0 Å². The van der Waals surface area contributed by atoms with Crippen molar-refractivity contribution < 1.29 is 4.74 Å². The molecule has 0 saturated heterocycles. The minimum atomic E-state index is 0.